The van der Waals surface area contributed by atoms with E-state index in [-0.39, 0.29) is 0 Å². The Kier molecular flexibility index (Phi) is 4.74. The van der Waals surface area contributed by atoms with Crippen molar-refractivity contribution in [3.05, 3.63) is 0 Å². The van der Waals surface area contributed by atoms with Crippen LogP contribution in [0.4, 0.5) is 0 Å². The molecule has 1 N–H and O–H groups in total. The number of nitrogens with zero attached hydrogens (tertiary/aromatic N) is 2. The van der Waals surface area contributed by atoms with Crippen LogP contribution in [0.25, 0.3) is 0 Å². The molecule has 1 aliphatic carbocycles. The Morgan fingerprint density at radius 2 is 2.00 bits per heavy atom. The minimum absolute atomic E-state index is 0.398. The Balaban J connectivity index is 1.30. The predicted molar refractivity (Wildman–Crippen MR) is 77.4 cm³/mol. The van der Waals surface area contributed by atoms with Gasteiger partial charge in [0, 0.05) is 32.2 Å². The van der Waals surface area contributed by atoms with E-state index in [9.17, 15) is 0 Å². The number of nitrogens with one attached hydrogen (secondary N) is 1. The average Bonchev–Trinajstić information content (AvgIpc) is 3.19. The first kappa shape index (κ1) is 13.8. The van der Waals surface area contributed by atoms with E-state index < -0.39 is 0 Å². The van der Waals surface area contributed by atoms with Gasteiger partial charge in [-0.25, -0.2) is 0 Å². The first-order valence-corrected chi connectivity index (χ1v) is 8.14. The summed E-state index contributed by atoms with van der Waals surface area (Å²) >= 11 is 0. The molecule has 0 aromatic heterocycles. The molecule has 0 amide bonds. The first-order valence-electron chi connectivity index (χ1n) is 8.14. The van der Waals surface area contributed by atoms with Crippen LogP contribution < -0.4 is 5.32 Å². The van der Waals surface area contributed by atoms with E-state index in [1.807, 2.05) is 0 Å². The maximum atomic E-state index is 5.83. The predicted octanol–water partition coefficient (Wildman–Crippen LogP) is 0.781. The lowest BCUT2D eigenvalue weighted by Crippen LogP contribution is -2.47. The highest BCUT2D eigenvalue weighted by Crippen LogP contribution is 2.31. The van der Waals surface area contributed by atoms with Gasteiger partial charge in [0.2, 0.25) is 0 Å². The number of hydrogen-bond acceptors (Lipinski definition) is 4. The van der Waals surface area contributed by atoms with Crippen LogP contribution in [0.3, 0.4) is 0 Å². The fourth-order valence-corrected chi connectivity index (χ4v) is 3.44. The molecular weight excluding hydrogens is 238 g/mol. The van der Waals surface area contributed by atoms with Crippen LogP contribution in [0.15, 0.2) is 0 Å². The number of likely N-dealkylation sites (tertiary alicyclic amines) is 1. The molecule has 0 radical (unpaired) electrons. The van der Waals surface area contributed by atoms with Gasteiger partial charge >= 0.3 is 0 Å². The molecule has 4 heteroatoms. The molecule has 3 aliphatic rings. The zero-order chi connectivity index (χ0) is 13.1. The van der Waals surface area contributed by atoms with Crippen molar-refractivity contribution in [1.82, 2.24) is 15.1 Å². The molecule has 2 aliphatic heterocycles. The van der Waals surface area contributed by atoms with Crippen molar-refractivity contribution >= 4 is 0 Å². The first-order chi connectivity index (χ1) is 9.35. The maximum absolute atomic E-state index is 5.83. The zero-order valence-electron chi connectivity index (χ0n) is 12.3. The van der Waals surface area contributed by atoms with E-state index in [0.717, 1.165) is 44.7 Å². The van der Waals surface area contributed by atoms with Gasteiger partial charge in [-0.3, -0.25) is 4.90 Å². The summed E-state index contributed by atoms with van der Waals surface area (Å²) in [7, 11) is 0. The zero-order valence-corrected chi connectivity index (χ0v) is 12.3. The van der Waals surface area contributed by atoms with E-state index in [2.05, 4.69) is 22.0 Å². The molecule has 2 atom stereocenters. The van der Waals surface area contributed by atoms with E-state index in [1.165, 1.54) is 38.9 Å². The van der Waals surface area contributed by atoms with Crippen LogP contribution in [0, 0.1) is 5.92 Å². The Bertz CT molecular complexity index is 283. The third-order valence-corrected chi connectivity index (χ3v) is 4.86. The number of rotatable bonds is 6. The molecule has 4 nitrogen and oxygen atoms in total. The van der Waals surface area contributed by atoms with Crippen molar-refractivity contribution < 1.29 is 4.74 Å². The molecular formula is C15H29N3O. The molecule has 2 heterocycles. The highest BCUT2D eigenvalue weighted by atomic mass is 16.5. The topological polar surface area (TPSA) is 27.7 Å². The molecule has 110 valence electrons. The van der Waals surface area contributed by atoms with Crippen molar-refractivity contribution in [2.24, 2.45) is 5.92 Å². The fraction of sp³-hybridized carbons (Fsp3) is 1.00. The summed E-state index contributed by atoms with van der Waals surface area (Å²) in [6.45, 7) is 11.4. The Hall–Kier alpha value is -0.160. The molecule has 2 saturated heterocycles. The highest BCUT2D eigenvalue weighted by molar-refractivity contribution is 4.90. The lowest BCUT2D eigenvalue weighted by molar-refractivity contribution is -0.0254. The summed E-state index contributed by atoms with van der Waals surface area (Å²) in [6, 6.07) is 0.949. The third-order valence-electron chi connectivity index (χ3n) is 4.86. The molecule has 0 aromatic rings. The largest absolute Gasteiger partial charge is 0.374 e. The molecule has 0 spiro atoms. The minimum Gasteiger partial charge on any atom is -0.374 e. The van der Waals surface area contributed by atoms with Crippen LogP contribution >= 0.6 is 0 Å². The third kappa shape index (κ3) is 3.91. The van der Waals surface area contributed by atoms with Crippen LogP contribution in [-0.2, 0) is 4.74 Å². The second-order valence-corrected chi connectivity index (χ2v) is 6.43. The summed E-state index contributed by atoms with van der Waals surface area (Å²) in [6.07, 6.45) is 4.68. The van der Waals surface area contributed by atoms with E-state index in [0.29, 0.717) is 6.10 Å². The molecule has 3 fully saturated rings. The van der Waals surface area contributed by atoms with Gasteiger partial charge in [0.25, 0.3) is 0 Å². The maximum Gasteiger partial charge on any atom is 0.0826 e. The van der Waals surface area contributed by atoms with E-state index >= 15 is 0 Å². The minimum atomic E-state index is 0.398. The molecule has 3 rings (SSSR count). The van der Waals surface area contributed by atoms with Crippen molar-refractivity contribution in [3.63, 3.8) is 0 Å². The summed E-state index contributed by atoms with van der Waals surface area (Å²) < 4.78 is 5.83. The van der Waals surface area contributed by atoms with E-state index in [4.69, 9.17) is 4.74 Å². The van der Waals surface area contributed by atoms with Crippen LogP contribution in [0.5, 0.6) is 0 Å². The van der Waals surface area contributed by atoms with Gasteiger partial charge in [0.15, 0.2) is 0 Å². The number of likely N-dealkylation sites (N-methyl/N-ethyl adjacent to an activating group) is 1. The van der Waals surface area contributed by atoms with Gasteiger partial charge in [0.05, 0.1) is 12.7 Å². The van der Waals surface area contributed by atoms with Crippen molar-refractivity contribution in [3.8, 4) is 0 Å². The molecule has 0 aromatic carbocycles. The Labute approximate surface area is 117 Å². The molecule has 0 bridgehead atoms. The van der Waals surface area contributed by atoms with Gasteiger partial charge in [-0.05, 0) is 44.8 Å². The van der Waals surface area contributed by atoms with E-state index in [1.54, 1.807) is 0 Å². The smallest absolute Gasteiger partial charge is 0.0826 e. The average molecular weight is 267 g/mol. The summed E-state index contributed by atoms with van der Waals surface area (Å²) in [5, 5.41) is 3.64. The number of hydrogen-bond donors (Lipinski definition) is 1. The van der Waals surface area contributed by atoms with Crippen LogP contribution in [0.2, 0.25) is 0 Å². The second-order valence-electron chi connectivity index (χ2n) is 6.43. The molecule has 19 heavy (non-hydrogen) atoms. The lowest BCUT2D eigenvalue weighted by Gasteiger charge is -2.32. The van der Waals surface area contributed by atoms with Crippen molar-refractivity contribution in [2.45, 2.75) is 38.3 Å². The van der Waals surface area contributed by atoms with Gasteiger partial charge < -0.3 is 15.0 Å². The Morgan fingerprint density at radius 3 is 2.79 bits per heavy atom. The van der Waals surface area contributed by atoms with Crippen molar-refractivity contribution in [1.29, 1.82) is 0 Å². The molecule has 1 saturated carbocycles. The van der Waals surface area contributed by atoms with Crippen molar-refractivity contribution in [2.75, 3.05) is 52.4 Å². The summed E-state index contributed by atoms with van der Waals surface area (Å²) in [5.74, 6) is 0.867. The SMILES string of the molecule is CCN1CCOC(CNCC2CCN(C3CC3)C2)C1. The second kappa shape index (κ2) is 6.53. The lowest BCUT2D eigenvalue weighted by atomic mass is 10.1. The van der Waals surface area contributed by atoms with Gasteiger partial charge in [-0.1, -0.05) is 6.92 Å². The van der Waals surface area contributed by atoms with Crippen LogP contribution in [-0.4, -0.2) is 74.4 Å². The van der Waals surface area contributed by atoms with Gasteiger partial charge in [0.1, 0.15) is 0 Å². The number of morpholine rings is 1. The van der Waals surface area contributed by atoms with Gasteiger partial charge in [-0.2, -0.15) is 0 Å². The molecule has 2 unspecified atom stereocenters. The number of ether oxygens (including phenoxy) is 1. The van der Waals surface area contributed by atoms with Crippen LogP contribution in [0.1, 0.15) is 26.2 Å². The quantitative estimate of drug-likeness (QED) is 0.770. The standard InChI is InChI=1S/C15H29N3O/c1-2-17-7-8-19-15(12-17)10-16-9-13-5-6-18(11-13)14-3-4-14/h13-16H,2-12H2,1H3. The Morgan fingerprint density at radius 1 is 1.11 bits per heavy atom. The normalized spacial score (nSPS) is 33.9. The highest BCUT2D eigenvalue weighted by Gasteiger charge is 2.34. The van der Waals surface area contributed by atoms with Gasteiger partial charge in [-0.15, -0.1) is 0 Å². The summed E-state index contributed by atoms with van der Waals surface area (Å²) in [4.78, 5) is 5.18. The monoisotopic (exact) mass is 267 g/mol. The summed E-state index contributed by atoms with van der Waals surface area (Å²) in [5.41, 5.74) is 0. The fourth-order valence-electron chi connectivity index (χ4n) is 3.44.